The predicted octanol–water partition coefficient (Wildman–Crippen LogP) is 1.61. The van der Waals surface area contributed by atoms with Gasteiger partial charge in [-0.3, -0.25) is 23.2 Å². The molecule has 9 heteroatoms. The molecule has 0 spiro atoms. The Morgan fingerprint density at radius 3 is 1.81 bits per heavy atom. The molecule has 120 valence electrons. The van der Waals surface area contributed by atoms with E-state index in [0.29, 0.717) is 25.9 Å². The monoisotopic (exact) mass is 338 g/mol. The molecule has 2 rings (SSSR count). The summed E-state index contributed by atoms with van der Waals surface area (Å²) >= 11 is 5.64. The average molecular weight is 339 g/mol. The fourth-order valence-electron chi connectivity index (χ4n) is 2.27. The lowest BCUT2D eigenvalue weighted by Gasteiger charge is -2.24. The second-order valence-corrected chi connectivity index (χ2v) is 7.62. The van der Waals surface area contributed by atoms with E-state index in [2.05, 4.69) is 0 Å². The Hall–Kier alpha value is -0.620. The standard InChI is InChI=1S/C12H20ClN2O5P/c13-5-8-21(18,19-9-14-6-1-3-11(14)16)20-10-15-7-2-4-12(15)17/h1-10H2. The van der Waals surface area contributed by atoms with Gasteiger partial charge in [0.2, 0.25) is 11.8 Å². The number of likely N-dealkylation sites (tertiary alicyclic amines) is 2. The first-order valence-electron chi connectivity index (χ1n) is 7.04. The Kier molecular flexibility index (Phi) is 6.05. The molecule has 2 saturated heterocycles. The van der Waals surface area contributed by atoms with E-state index in [-0.39, 0.29) is 37.3 Å². The highest BCUT2D eigenvalue weighted by Gasteiger charge is 2.30. The molecule has 0 N–H and O–H groups in total. The molecule has 0 saturated carbocycles. The van der Waals surface area contributed by atoms with Crippen LogP contribution in [-0.4, -0.2) is 60.2 Å². The van der Waals surface area contributed by atoms with Crippen molar-refractivity contribution in [3.63, 3.8) is 0 Å². The zero-order chi connectivity index (χ0) is 15.3. The van der Waals surface area contributed by atoms with Gasteiger partial charge in [-0.2, -0.15) is 0 Å². The first-order valence-corrected chi connectivity index (χ1v) is 9.30. The molecule has 0 aromatic carbocycles. The van der Waals surface area contributed by atoms with Gasteiger partial charge in [-0.05, 0) is 12.8 Å². The Balaban J connectivity index is 1.84. The van der Waals surface area contributed by atoms with Crippen molar-refractivity contribution < 1.29 is 23.2 Å². The molecule has 2 amide bonds. The number of hydrogen-bond acceptors (Lipinski definition) is 5. The maximum Gasteiger partial charge on any atom is 0.335 e. The van der Waals surface area contributed by atoms with Crippen molar-refractivity contribution in [2.75, 3.05) is 38.6 Å². The third kappa shape index (κ3) is 4.68. The van der Waals surface area contributed by atoms with Gasteiger partial charge in [-0.25, -0.2) is 0 Å². The fraction of sp³-hybridized carbons (Fsp3) is 0.833. The maximum atomic E-state index is 12.5. The van der Waals surface area contributed by atoms with Crippen molar-refractivity contribution in [3.8, 4) is 0 Å². The fourth-order valence-corrected chi connectivity index (χ4v) is 4.06. The Morgan fingerprint density at radius 1 is 1.00 bits per heavy atom. The molecule has 2 aliphatic heterocycles. The van der Waals surface area contributed by atoms with Gasteiger partial charge in [0.25, 0.3) is 0 Å². The molecule has 2 heterocycles. The van der Waals surface area contributed by atoms with Crippen LogP contribution in [0.25, 0.3) is 0 Å². The third-order valence-corrected chi connectivity index (χ3v) is 5.76. The highest BCUT2D eigenvalue weighted by Crippen LogP contribution is 2.48. The first-order chi connectivity index (χ1) is 10.0. The number of alkyl halides is 1. The minimum Gasteiger partial charge on any atom is -0.319 e. The summed E-state index contributed by atoms with van der Waals surface area (Å²) in [7, 11) is -3.40. The number of amides is 2. The van der Waals surface area contributed by atoms with E-state index < -0.39 is 7.60 Å². The summed E-state index contributed by atoms with van der Waals surface area (Å²) in [6, 6.07) is 0. The molecule has 21 heavy (non-hydrogen) atoms. The molecule has 0 aromatic heterocycles. The summed E-state index contributed by atoms with van der Waals surface area (Å²) in [4.78, 5) is 26.0. The molecule has 0 atom stereocenters. The number of carbonyl (C=O) groups is 2. The van der Waals surface area contributed by atoms with Crippen LogP contribution in [0.1, 0.15) is 25.7 Å². The van der Waals surface area contributed by atoms with Crippen molar-refractivity contribution in [3.05, 3.63) is 0 Å². The normalized spacial score (nSPS) is 19.9. The summed E-state index contributed by atoms with van der Waals surface area (Å²) in [5.74, 6) is 0.100. The maximum absolute atomic E-state index is 12.5. The lowest BCUT2D eigenvalue weighted by Crippen LogP contribution is -2.29. The molecular formula is C12H20ClN2O5P. The van der Waals surface area contributed by atoms with Crippen LogP contribution in [0.3, 0.4) is 0 Å². The largest absolute Gasteiger partial charge is 0.335 e. The number of rotatable bonds is 8. The van der Waals surface area contributed by atoms with Crippen molar-refractivity contribution >= 4 is 31.0 Å². The van der Waals surface area contributed by atoms with Crippen LogP contribution in [0, 0.1) is 0 Å². The molecule has 0 aromatic rings. The lowest BCUT2D eigenvalue weighted by atomic mass is 10.4. The van der Waals surface area contributed by atoms with Gasteiger partial charge >= 0.3 is 7.60 Å². The molecule has 2 fully saturated rings. The van der Waals surface area contributed by atoms with E-state index >= 15 is 0 Å². The van der Waals surface area contributed by atoms with Gasteiger partial charge in [0.1, 0.15) is 13.5 Å². The highest BCUT2D eigenvalue weighted by molar-refractivity contribution is 7.53. The van der Waals surface area contributed by atoms with Crippen LogP contribution in [0.5, 0.6) is 0 Å². The zero-order valence-electron chi connectivity index (χ0n) is 11.8. The molecule has 0 radical (unpaired) electrons. The molecular weight excluding hydrogens is 319 g/mol. The second kappa shape index (κ2) is 7.58. The first kappa shape index (κ1) is 16.7. The predicted molar refractivity (Wildman–Crippen MR) is 77.0 cm³/mol. The van der Waals surface area contributed by atoms with Crippen LogP contribution < -0.4 is 0 Å². The summed E-state index contributed by atoms with van der Waals surface area (Å²) in [5.41, 5.74) is 0. The summed E-state index contributed by atoms with van der Waals surface area (Å²) in [6.07, 6.45) is 2.60. The van der Waals surface area contributed by atoms with Crippen LogP contribution >= 0.6 is 19.2 Å². The average Bonchev–Trinajstić information content (AvgIpc) is 3.04. The van der Waals surface area contributed by atoms with E-state index in [0.717, 1.165) is 12.8 Å². The van der Waals surface area contributed by atoms with Crippen LogP contribution in [0.2, 0.25) is 0 Å². The van der Waals surface area contributed by atoms with Gasteiger partial charge in [0.05, 0.1) is 6.16 Å². The van der Waals surface area contributed by atoms with Crippen LogP contribution in [-0.2, 0) is 23.2 Å². The Labute approximate surface area is 129 Å². The van der Waals surface area contributed by atoms with Crippen LogP contribution in [0.15, 0.2) is 0 Å². The molecule has 0 bridgehead atoms. The molecule has 0 aliphatic carbocycles. The zero-order valence-corrected chi connectivity index (χ0v) is 13.5. The SMILES string of the molecule is O=C1CCCN1COP(=O)(CCCl)OCN1CCCC1=O. The number of carbonyl (C=O) groups excluding carboxylic acids is 2. The molecule has 2 aliphatic rings. The van der Waals surface area contributed by atoms with Crippen LogP contribution in [0.4, 0.5) is 0 Å². The minimum atomic E-state index is -3.40. The smallest absolute Gasteiger partial charge is 0.319 e. The van der Waals surface area contributed by atoms with Crippen molar-refractivity contribution in [1.29, 1.82) is 0 Å². The van der Waals surface area contributed by atoms with E-state index in [4.69, 9.17) is 20.6 Å². The Morgan fingerprint density at radius 2 is 1.48 bits per heavy atom. The number of nitrogens with zero attached hydrogens (tertiary/aromatic N) is 2. The van der Waals surface area contributed by atoms with Gasteiger partial charge in [-0.1, -0.05) is 0 Å². The van der Waals surface area contributed by atoms with E-state index in [1.54, 1.807) is 0 Å². The summed E-state index contributed by atoms with van der Waals surface area (Å²) < 4.78 is 23.2. The summed E-state index contributed by atoms with van der Waals surface area (Å²) in [6.45, 7) is 1.09. The lowest BCUT2D eigenvalue weighted by molar-refractivity contribution is -0.130. The molecule has 0 unspecified atom stereocenters. The topological polar surface area (TPSA) is 76.2 Å². The van der Waals surface area contributed by atoms with Crippen molar-refractivity contribution in [1.82, 2.24) is 9.80 Å². The third-order valence-electron chi connectivity index (χ3n) is 3.52. The van der Waals surface area contributed by atoms with Gasteiger partial charge < -0.3 is 9.80 Å². The highest BCUT2D eigenvalue weighted by atomic mass is 35.5. The number of hydrogen-bond donors (Lipinski definition) is 0. The van der Waals surface area contributed by atoms with Gasteiger partial charge in [0.15, 0.2) is 0 Å². The van der Waals surface area contributed by atoms with E-state index in [9.17, 15) is 14.2 Å². The van der Waals surface area contributed by atoms with Crippen molar-refractivity contribution in [2.45, 2.75) is 25.7 Å². The number of halogens is 1. The van der Waals surface area contributed by atoms with Gasteiger partial charge in [0, 0.05) is 31.8 Å². The second-order valence-electron chi connectivity index (χ2n) is 5.06. The molecule has 7 nitrogen and oxygen atoms in total. The Bertz CT molecular complexity index is 413. The van der Waals surface area contributed by atoms with Gasteiger partial charge in [-0.15, -0.1) is 11.6 Å². The van der Waals surface area contributed by atoms with E-state index in [1.165, 1.54) is 9.80 Å². The quantitative estimate of drug-likeness (QED) is 0.496. The van der Waals surface area contributed by atoms with E-state index in [1.807, 2.05) is 0 Å². The summed E-state index contributed by atoms with van der Waals surface area (Å²) in [5, 5.41) is 0. The van der Waals surface area contributed by atoms with Crippen molar-refractivity contribution in [2.24, 2.45) is 0 Å². The minimum absolute atomic E-state index is 0.0119.